The summed E-state index contributed by atoms with van der Waals surface area (Å²) in [4.78, 5) is 29.5. The van der Waals surface area contributed by atoms with Gasteiger partial charge in [0.05, 0.1) is 0 Å². The van der Waals surface area contributed by atoms with Gasteiger partial charge < -0.3 is 15.5 Å². The van der Waals surface area contributed by atoms with Gasteiger partial charge in [-0.15, -0.1) is 0 Å². The highest BCUT2D eigenvalue weighted by atomic mass is 19.4. The molecule has 0 aliphatic heterocycles. The minimum absolute atomic E-state index is 0.0670. The van der Waals surface area contributed by atoms with Crippen LogP contribution in [-0.2, 0) is 20.8 Å². The molecule has 1 aromatic carbocycles. The number of carboxylic acid groups (broad SMARTS) is 2. The van der Waals surface area contributed by atoms with Crippen LogP contribution in [0.25, 0.3) is 0 Å². The molecule has 0 bridgehead atoms. The van der Waals surface area contributed by atoms with Crippen molar-refractivity contribution in [1.29, 1.82) is 0 Å². The smallest absolute Gasteiger partial charge is 0.481 e. The van der Waals surface area contributed by atoms with E-state index in [9.17, 15) is 22.8 Å². The largest absolute Gasteiger partial charge is 0.490 e. The monoisotopic (exact) mass is 307 g/mol. The number of aliphatic carboxylic acids is 2. The Labute approximate surface area is 117 Å². The summed E-state index contributed by atoms with van der Waals surface area (Å²) in [5.74, 6) is -3.60. The number of carbonyl (C=O) groups is 3. The first-order chi connectivity index (χ1) is 9.68. The Kier molecular flexibility index (Phi) is 7.51. The second-order valence-corrected chi connectivity index (χ2v) is 3.62. The van der Waals surface area contributed by atoms with Crippen LogP contribution in [0.15, 0.2) is 24.3 Å². The second-order valence-electron chi connectivity index (χ2n) is 3.62. The molecular formula is C12H12F3NO5. The molecule has 0 unspecified atom stereocenters. The lowest BCUT2D eigenvalue weighted by Gasteiger charge is -2.05. The maximum atomic E-state index is 10.6. The van der Waals surface area contributed by atoms with Crippen molar-refractivity contribution in [2.24, 2.45) is 0 Å². The van der Waals surface area contributed by atoms with Crippen LogP contribution in [0, 0.1) is 0 Å². The van der Waals surface area contributed by atoms with Gasteiger partial charge in [-0.25, -0.2) is 4.79 Å². The molecule has 1 rings (SSSR count). The normalized spacial score (nSPS) is 10.0. The van der Waals surface area contributed by atoms with E-state index in [-0.39, 0.29) is 6.42 Å². The van der Waals surface area contributed by atoms with E-state index in [0.29, 0.717) is 18.5 Å². The molecule has 9 heteroatoms. The predicted octanol–water partition coefficient (Wildman–Crippen LogP) is 1.91. The Bertz CT molecular complexity index is 502. The fraction of sp³-hybridized carbons (Fsp3) is 0.250. The van der Waals surface area contributed by atoms with Gasteiger partial charge in [0.15, 0.2) is 0 Å². The quantitative estimate of drug-likeness (QED) is 0.721. The fourth-order valence-corrected chi connectivity index (χ4v) is 1.18. The Balaban J connectivity index is 0.000000486. The predicted molar refractivity (Wildman–Crippen MR) is 65.8 cm³/mol. The fourth-order valence-electron chi connectivity index (χ4n) is 1.18. The van der Waals surface area contributed by atoms with E-state index in [1.54, 1.807) is 18.2 Å². The molecule has 0 spiro atoms. The third-order valence-corrected chi connectivity index (χ3v) is 2.08. The van der Waals surface area contributed by atoms with Crippen molar-refractivity contribution in [3.05, 3.63) is 29.8 Å². The van der Waals surface area contributed by atoms with Gasteiger partial charge in [0.2, 0.25) is 6.41 Å². The van der Waals surface area contributed by atoms with E-state index in [0.717, 1.165) is 5.56 Å². The molecule has 6 nitrogen and oxygen atoms in total. The molecular weight excluding hydrogens is 295 g/mol. The molecule has 0 aliphatic carbocycles. The molecule has 0 aromatic heterocycles. The first kappa shape index (κ1) is 18.4. The number of carboxylic acids is 2. The SMILES string of the molecule is O=C(O)C(F)(F)F.O=CNc1ccccc1CCC(=O)O. The van der Waals surface area contributed by atoms with Gasteiger partial charge in [-0.1, -0.05) is 18.2 Å². The highest BCUT2D eigenvalue weighted by molar-refractivity contribution is 5.74. The number of alkyl halides is 3. The van der Waals surface area contributed by atoms with Crippen LogP contribution >= 0.6 is 0 Å². The van der Waals surface area contributed by atoms with Gasteiger partial charge in [0.1, 0.15) is 0 Å². The van der Waals surface area contributed by atoms with E-state index in [4.69, 9.17) is 15.0 Å². The van der Waals surface area contributed by atoms with Crippen molar-refractivity contribution in [1.82, 2.24) is 0 Å². The van der Waals surface area contributed by atoms with Gasteiger partial charge in [0, 0.05) is 12.1 Å². The Morgan fingerprint density at radius 2 is 1.71 bits per heavy atom. The Morgan fingerprint density at radius 1 is 1.19 bits per heavy atom. The molecule has 3 N–H and O–H groups in total. The minimum atomic E-state index is -5.08. The van der Waals surface area contributed by atoms with Crippen molar-refractivity contribution in [2.45, 2.75) is 19.0 Å². The Hall–Kier alpha value is -2.58. The lowest BCUT2D eigenvalue weighted by Crippen LogP contribution is -2.21. The third kappa shape index (κ3) is 8.24. The van der Waals surface area contributed by atoms with E-state index in [2.05, 4.69) is 5.32 Å². The average molecular weight is 307 g/mol. The van der Waals surface area contributed by atoms with Crippen molar-refractivity contribution in [3.8, 4) is 0 Å². The first-order valence-electron chi connectivity index (χ1n) is 5.48. The number of rotatable bonds is 5. The molecule has 116 valence electrons. The summed E-state index contributed by atoms with van der Waals surface area (Å²) < 4.78 is 31.7. The molecule has 0 aliphatic rings. The summed E-state index contributed by atoms with van der Waals surface area (Å²) >= 11 is 0. The van der Waals surface area contributed by atoms with Gasteiger partial charge in [0.25, 0.3) is 0 Å². The number of benzene rings is 1. The first-order valence-corrected chi connectivity index (χ1v) is 5.48. The number of hydrogen-bond acceptors (Lipinski definition) is 3. The van der Waals surface area contributed by atoms with Crippen molar-refractivity contribution in [2.75, 3.05) is 5.32 Å². The van der Waals surface area contributed by atoms with Gasteiger partial charge in [-0.2, -0.15) is 13.2 Å². The zero-order valence-electron chi connectivity index (χ0n) is 10.6. The summed E-state index contributed by atoms with van der Waals surface area (Å²) in [6.07, 6.45) is -4.01. The summed E-state index contributed by atoms with van der Waals surface area (Å²) in [5.41, 5.74) is 1.51. The zero-order chi connectivity index (χ0) is 16.5. The number of amides is 1. The molecule has 0 saturated carbocycles. The highest BCUT2D eigenvalue weighted by Crippen LogP contribution is 2.15. The average Bonchev–Trinajstić information content (AvgIpc) is 2.37. The van der Waals surface area contributed by atoms with Crippen LogP contribution in [0.3, 0.4) is 0 Å². The molecule has 0 saturated heterocycles. The highest BCUT2D eigenvalue weighted by Gasteiger charge is 2.38. The maximum Gasteiger partial charge on any atom is 0.490 e. The molecule has 0 fully saturated rings. The topological polar surface area (TPSA) is 104 Å². The van der Waals surface area contributed by atoms with Crippen LogP contribution < -0.4 is 5.32 Å². The number of nitrogens with one attached hydrogen (secondary N) is 1. The maximum absolute atomic E-state index is 10.6. The van der Waals surface area contributed by atoms with Crippen LogP contribution in [0.4, 0.5) is 18.9 Å². The van der Waals surface area contributed by atoms with Crippen molar-refractivity contribution >= 4 is 24.0 Å². The Morgan fingerprint density at radius 3 is 2.14 bits per heavy atom. The van der Waals surface area contributed by atoms with E-state index in [1.807, 2.05) is 6.07 Å². The third-order valence-electron chi connectivity index (χ3n) is 2.08. The van der Waals surface area contributed by atoms with Crippen LogP contribution in [0.2, 0.25) is 0 Å². The summed E-state index contributed by atoms with van der Waals surface area (Å²) in [6.45, 7) is 0. The lowest BCUT2D eigenvalue weighted by atomic mass is 10.1. The van der Waals surface area contributed by atoms with E-state index < -0.39 is 18.1 Å². The molecule has 0 radical (unpaired) electrons. The summed E-state index contributed by atoms with van der Waals surface area (Å²) in [6, 6.07) is 7.14. The number of halogens is 3. The number of carbonyl (C=O) groups excluding carboxylic acids is 1. The molecule has 21 heavy (non-hydrogen) atoms. The minimum Gasteiger partial charge on any atom is -0.481 e. The molecule has 1 amide bonds. The van der Waals surface area contributed by atoms with E-state index in [1.165, 1.54) is 0 Å². The van der Waals surface area contributed by atoms with Crippen LogP contribution in [-0.4, -0.2) is 34.7 Å². The van der Waals surface area contributed by atoms with E-state index >= 15 is 0 Å². The van der Waals surface area contributed by atoms with Crippen molar-refractivity contribution < 1.29 is 37.8 Å². The molecule has 0 atom stereocenters. The van der Waals surface area contributed by atoms with Crippen LogP contribution in [0.1, 0.15) is 12.0 Å². The molecule has 0 heterocycles. The van der Waals surface area contributed by atoms with Gasteiger partial charge in [-0.3, -0.25) is 9.59 Å². The lowest BCUT2D eigenvalue weighted by molar-refractivity contribution is -0.192. The number of aryl methyl sites for hydroxylation is 1. The summed E-state index contributed by atoms with van der Waals surface area (Å²) in [5, 5.41) is 18.2. The summed E-state index contributed by atoms with van der Waals surface area (Å²) in [7, 11) is 0. The van der Waals surface area contributed by atoms with Crippen LogP contribution in [0.5, 0.6) is 0 Å². The van der Waals surface area contributed by atoms with Crippen molar-refractivity contribution in [3.63, 3.8) is 0 Å². The standard InChI is InChI=1S/C10H11NO3.C2HF3O2/c12-7-11-9-4-2-1-3-8(9)5-6-10(13)14;3-2(4,5)1(6)7/h1-4,7H,5-6H2,(H,11,12)(H,13,14);(H,6,7). The second kappa shape index (κ2) is 8.56. The molecule has 1 aromatic rings. The van der Waals surface area contributed by atoms with Gasteiger partial charge >= 0.3 is 18.1 Å². The van der Waals surface area contributed by atoms with Gasteiger partial charge in [-0.05, 0) is 18.1 Å². The number of anilines is 1. The number of hydrogen-bond donors (Lipinski definition) is 3. The number of para-hydroxylation sites is 1. The zero-order valence-corrected chi connectivity index (χ0v) is 10.6.